The lowest BCUT2D eigenvalue weighted by Gasteiger charge is -2.32. The van der Waals surface area contributed by atoms with Crippen LogP contribution in [-0.2, 0) is 14.8 Å². The van der Waals surface area contributed by atoms with E-state index in [0.29, 0.717) is 22.3 Å². The van der Waals surface area contributed by atoms with Gasteiger partial charge in [0, 0.05) is 18.5 Å². The number of hydrogen-bond donors (Lipinski definition) is 0. The van der Waals surface area contributed by atoms with Crippen molar-refractivity contribution in [3.8, 4) is 12.1 Å². The minimum Gasteiger partial charge on any atom is -0.294 e. The van der Waals surface area contributed by atoms with Gasteiger partial charge in [-0.25, -0.2) is 12.8 Å². The predicted molar refractivity (Wildman–Crippen MR) is 128 cm³/mol. The van der Waals surface area contributed by atoms with Gasteiger partial charge in [-0.3, -0.25) is 9.10 Å². The molecule has 172 valence electrons. The summed E-state index contributed by atoms with van der Waals surface area (Å²) in [5.74, 6) is -0.799. The topological polar surface area (TPSA) is 102 Å². The Balaban J connectivity index is 1.87. The number of sulfonamides is 1. The van der Waals surface area contributed by atoms with Crippen LogP contribution in [0.15, 0.2) is 89.0 Å². The summed E-state index contributed by atoms with van der Waals surface area (Å²) in [4.78, 5) is 12.9. The van der Waals surface area contributed by atoms with E-state index in [0.717, 1.165) is 16.4 Å². The number of carbonyl (C=O) groups excluding carboxylic acids is 1. The van der Waals surface area contributed by atoms with Crippen LogP contribution < -0.4 is 0 Å². The van der Waals surface area contributed by atoms with Crippen molar-refractivity contribution in [2.45, 2.75) is 11.3 Å². The Hall–Kier alpha value is -4.53. The molecule has 8 heteroatoms. The Kier molecular flexibility index (Phi) is 6.59. The zero-order valence-corrected chi connectivity index (χ0v) is 19.2. The van der Waals surface area contributed by atoms with E-state index in [2.05, 4.69) is 0 Å². The van der Waals surface area contributed by atoms with Crippen molar-refractivity contribution in [1.29, 1.82) is 10.5 Å². The summed E-state index contributed by atoms with van der Waals surface area (Å²) in [7, 11) is -4.11. The van der Waals surface area contributed by atoms with Crippen molar-refractivity contribution in [2.75, 3.05) is 6.54 Å². The highest BCUT2D eigenvalue weighted by atomic mass is 32.2. The highest BCUT2D eigenvalue weighted by Gasteiger charge is 2.34. The monoisotopic (exact) mass is 483 g/mol. The van der Waals surface area contributed by atoms with Gasteiger partial charge in [0.2, 0.25) is 0 Å². The van der Waals surface area contributed by atoms with Crippen LogP contribution in [0.5, 0.6) is 0 Å². The fourth-order valence-corrected chi connectivity index (χ4v) is 5.13. The van der Waals surface area contributed by atoms with Gasteiger partial charge in [0.1, 0.15) is 5.82 Å². The van der Waals surface area contributed by atoms with E-state index in [1.165, 1.54) is 12.1 Å². The molecule has 1 aliphatic heterocycles. The standard InChI is InChI=1S/C27H18FN3O3S/c28-23-9-11-24(12-10-23)35(33,34)31-14-13-27(32)25(15-19-1-5-21(17-29)6-2-19)26(31)16-20-3-7-22(18-30)8-4-20/h1-12,15-16H,13-14H2. The first-order valence-corrected chi connectivity index (χ1v) is 12.0. The Morgan fingerprint density at radius 2 is 1.31 bits per heavy atom. The van der Waals surface area contributed by atoms with Gasteiger partial charge in [-0.05, 0) is 71.8 Å². The number of Topliss-reactive ketones (excluding diaryl/α,β-unsaturated/α-hetero) is 1. The molecular formula is C27H18FN3O3S. The largest absolute Gasteiger partial charge is 0.294 e. The van der Waals surface area contributed by atoms with Crippen molar-refractivity contribution in [2.24, 2.45) is 0 Å². The summed E-state index contributed by atoms with van der Waals surface area (Å²) in [6, 6.07) is 21.6. The second-order valence-corrected chi connectivity index (χ2v) is 9.62. The van der Waals surface area contributed by atoms with E-state index in [1.807, 2.05) is 12.1 Å². The fourth-order valence-electron chi connectivity index (χ4n) is 3.66. The first-order chi connectivity index (χ1) is 16.8. The first kappa shape index (κ1) is 23.6. The summed E-state index contributed by atoms with van der Waals surface area (Å²) in [6.45, 7) is -0.0780. The lowest BCUT2D eigenvalue weighted by molar-refractivity contribution is -0.116. The number of benzene rings is 3. The van der Waals surface area contributed by atoms with Crippen LogP contribution >= 0.6 is 0 Å². The molecule has 0 unspecified atom stereocenters. The van der Waals surface area contributed by atoms with E-state index < -0.39 is 15.8 Å². The van der Waals surface area contributed by atoms with E-state index in [4.69, 9.17) is 10.5 Å². The third kappa shape index (κ3) is 5.03. The van der Waals surface area contributed by atoms with E-state index >= 15 is 0 Å². The SMILES string of the molecule is N#Cc1ccc(C=C2C(=O)CCN(S(=O)(=O)c3ccc(F)cc3)C2=Cc2ccc(C#N)cc2)cc1. The second kappa shape index (κ2) is 9.76. The molecule has 0 atom stereocenters. The third-order valence-corrected chi connectivity index (χ3v) is 7.31. The molecule has 1 heterocycles. The highest BCUT2D eigenvalue weighted by Crippen LogP contribution is 2.33. The summed E-state index contributed by atoms with van der Waals surface area (Å²) in [6.07, 6.45) is 3.13. The van der Waals surface area contributed by atoms with E-state index in [-0.39, 0.29) is 34.9 Å². The second-order valence-electron chi connectivity index (χ2n) is 7.76. The number of halogens is 1. The van der Waals surface area contributed by atoms with Crippen molar-refractivity contribution in [3.63, 3.8) is 0 Å². The number of hydrogen-bond acceptors (Lipinski definition) is 5. The summed E-state index contributed by atoms with van der Waals surface area (Å²) in [5.41, 5.74) is 2.47. The molecule has 0 bridgehead atoms. The lowest BCUT2D eigenvalue weighted by Crippen LogP contribution is -2.38. The van der Waals surface area contributed by atoms with Gasteiger partial charge >= 0.3 is 0 Å². The average molecular weight is 484 g/mol. The minimum atomic E-state index is -4.11. The average Bonchev–Trinajstić information content (AvgIpc) is 2.87. The van der Waals surface area contributed by atoms with Crippen LogP contribution in [0.2, 0.25) is 0 Å². The molecule has 0 spiro atoms. The summed E-state index contributed by atoms with van der Waals surface area (Å²) >= 11 is 0. The fraction of sp³-hybridized carbons (Fsp3) is 0.0741. The van der Waals surface area contributed by atoms with E-state index in [1.54, 1.807) is 60.7 Å². The normalized spacial score (nSPS) is 16.2. The molecule has 35 heavy (non-hydrogen) atoms. The number of nitrogens with zero attached hydrogens (tertiary/aromatic N) is 3. The molecule has 0 aromatic heterocycles. The molecule has 0 saturated carbocycles. The van der Waals surface area contributed by atoms with Gasteiger partial charge in [-0.2, -0.15) is 10.5 Å². The molecule has 1 saturated heterocycles. The van der Waals surface area contributed by atoms with Gasteiger partial charge in [-0.15, -0.1) is 0 Å². The van der Waals surface area contributed by atoms with Crippen LogP contribution in [0.1, 0.15) is 28.7 Å². The van der Waals surface area contributed by atoms with Crippen molar-refractivity contribution in [3.05, 3.63) is 112 Å². The summed E-state index contributed by atoms with van der Waals surface area (Å²) in [5, 5.41) is 18.1. The number of piperidine rings is 1. The minimum absolute atomic E-state index is 0.0345. The Labute approximate surface area is 202 Å². The third-order valence-electron chi connectivity index (χ3n) is 5.48. The molecule has 0 radical (unpaired) electrons. The molecular weight excluding hydrogens is 465 g/mol. The Morgan fingerprint density at radius 1 is 0.800 bits per heavy atom. The highest BCUT2D eigenvalue weighted by molar-refractivity contribution is 7.89. The smallest absolute Gasteiger partial charge is 0.264 e. The quantitative estimate of drug-likeness (QED) is 0.503. The number of carbonyl (C=O) groups is 1. The molecule has 6 nitrogen and oxygen atoms in total. The maximum absolute atomic E-state index is 13.5. The predicted octanol–water partition coefficient (Wildman–Crippen LogP) is 4.66. The van der Waals surface area contributed by atoms with Crippen LogP contribution in [0.3, 0.4) is 0 Å². The van der Waals surface area contributed by atoms with Crippen LogP contribution in [0, 0.1) is 28.5 Å². The molecule has 4 rings (SSSR count). The van der Waals surface area contributed by atoms with Gasteiger partial charge < -0.3 is 0 Å². The molecule has 1 aliphatic rings. The molecule has 0 N–H and O–H groups in total. The zero-order valence-electron chi connectivity index (χ0n) is 18.3. The van der Waals surface area contributed by atoms with Crippen molar-refractivity contribution >= 4 is 28.0 Å². The molecule has 1 fully saturated rings. The number of allylic oxidation sites excluding steroid dienone is 1. The first-order valence-electron chi connectivity index (χ1n) is 10.6. The van der Waals surface area contributed by atoms with Crippen molar-refractivity contribution in [1.82, 2.24) is 4.31 Å². The van der Waals surface area contributed by atoms with Crippen molar-refractivity contribution < 1.29 is 17.6 Å². The van der Waals surface area contributed by atoms with E-state index in [9.17, 15) is 17.6 Å². The van der Waals surface area contributed by atoms with Gasteiger partial charge in [0.25, 0.3) is 10.0 Å². The Bertz CT molecular complexity index is 1530. The van der Waals surface area contributed by atoms with Crippen LogP contribution in [0.4, 0.5) is 4.39 Å². The lowest BCUT2D eigenvalue weighted by atomic mass is 9.96. The zero-order chi connectivity index (χ0) is 25.0. The molecule has 0 amide bonds. The molecule has 3 aromatic carbocycles. The maximum atomic E-state index is 13.5. The molecule has 0 aliphatic carbocycles. The number of nitriles is 2. The molecule has 3 aromatic rings. The maximum Gasteiger partial charge on any atom is 0.264 e. The van der Waals surface area contributed by atoms with Crippen LogP contribution in [0.25, 0.3) is 12.2 Å². The number of ketones is 1. The summed E-state index contributed by atoms with van der Waals surface area (Å²) < 4.78 is 41.6. The van der Waals surface area contributed by atoms with Gasteiger partial charge in [-0.1, -0.05) is 24.3 Å². The van der Waals surface area contributed by atoms with Gasteiger partial charge in [0.05, 0.1) is 33.9 Å². The van der Waals surface area contributed by atoms with Crippen LogP contribution in [-0.4, -0.2) is 25.1 Å². The Morgan fingerprint density at radius 3 is 1.83 bits per heavy atom. The number of rotatable bonds is 4. The van der Waals surface area contributed by atoms with Gasteiger partial charge in [0.15, 0.2) is 5.78 Å².